The molecule has 0 aliphatic carbocycles. The van der Waals surface area contributed by atoms with Crippen molar-refractivity contribution in [1.82, 2.24) is 19.8 Å². The molecule has 0 bridgehead atoms. The maximum atomic E-state index is 13.2. The number of oxazole rings is 1. The van der Waals surface area contributed by atoms with Gasteiger partial charge >= 0.3 is 5.97 Å². The second-order valence-corrected chi connectivity index (χ2v) is 10.7. The lowest BCUT2D eigenvalue weighted by atomic mass is 9.97. The van der Waals surface area contributed by atoms with Gasteiger partial charge in [0.05, 0.1) is 19.1 Å². The number of aromatic nitrogens is 2. The molecule has 5 rings (SSSR count). The lowest BCUT2D eigenvalue weighted by molar-refractivity contribution is -0.149. The Balaban J connectivity index is 1.27. The summed E-state index contributed by atoms with van der Waals surface area (Å²) in [5.74, 6) is 0.0497. The maximum absolute atomic E-state index is 13.2. The number of nitrogens with zero attached hydrogens (tertiary/aromatic N) is 3. The van der Waals surface area contributed by atoms with Crippen LogP contribution >= 0.6 is 0 Å². The maximum Gasteiger partial charge on any atom is 0.309 e. The summed E-state index contributed by atoms with van der Waals surface area (Å²) in [6.45, 7) is 9.51. The van der Waals surface area contributed by atoms with Crippen LogP contribution in [0.15, 0.2) is 59.3 Å². The van der Waals surface area contributed by atoms with Gasteiger partial charge in [-0.25, -0.2) is 4.98 Å². The molecule has 1 saturated heterocycles. The van der Waals surface area contributed by atoms with Crippen LogP contribution in [0.2, 0.25) is 0 Å². The molecule has 3 heterocycles. The number of H-pyrrole nitrogens is 1. The molecule has 2 aromatic carbocycles. The molecule has 210 valence electrons. The first-order valence-electron chi connectivity index (χ1n) is 14.1. The molecule has 0 atom stereocenters. The number of hydrogen-bond acceptors (Lipinski definition) is 6. The summed E-state index contributed by atoms with van der Waals surface area (Å²) in [5, 5.41) is 1.24. The lowest BCUT2D eigenvalue weighted by Crippen LogP contribution is -2.40. The van der Waals surface area contributed by atoms with E-state index in [-0.39, 0.29) is 17.8 Å². The number of esters is 1. The molecular formula is C32H38N4O4. The smallest absolute Gasteiger partial charge is 0.309 e. The number of aromatic amines is 1. The Morgan fingerprint density at radius 1 is 1.10 bits per heavy atom. The molecule has 1 amide bonds. The van der Waals surface area contributed by atoms with E-state index in [2.05, 4.69) is 71.3 Å². The van der Waals surface area contributed by atoms with Crippen LogP contribution in [0, 0.1) is 19.8 Å². The van der Waals surface area contributed by atoms with Gasteiger partial charge in [0.15, 0.2) is 5.69 Å². The molecule has 0 unspecified atom stereocenters. The van der Waals surface area contributed by atoms with Gasteiger partial charge in [0.25, 0.3) is 5.91 Å². The lowest BCUT2D eigenvalue weighted by Gasteiger charge is -2.30. The van der Waals surface area contributed by atoms with E-state index in [9.17, 15) is 9.59 Å². The van der Waals surface area contributed by atoms with Crippen molar-refractivity contribution in [2.24, 2.45) is 5.92 Å². The number of likely N-dealkylation sites (tertiary alicyclic amines) is 1. The minimum Gasteiger partial charge on any atom is -0.466 e. The highest BCUT2D eigenvalue weighted by atomic mass is 16.5. The van der Waals surface area contributed by atoms with Gasteiger partial charge in [0.2, 0.25) is 5.89 Å². The van der Waals surface area contributed by atoms with Crippen LogP contribution in [0.5, 0.6) is 0 Å². The zero-order valence-corrected chi connectivity index (χ0v) is 23.6. The van der Waals surface area contributed by atoms with Crippen LogP contribution in [-0.4, -0.2) is 57.9 Å². The number of benzene rings is 2. The number of para-hydroxylation sites is 1. The van der Waals surface area contributed by atoms with Gasteiger partial charge in [0.1, 0.15) is 6.26 Å². The van der Waals surface area contributed by atoms with Crippen LogP contribution < -0.4 is 0 Å². The van der Waals surface area contributed by atoms with Crippen molar-refractivity contribution in [3.63, 3.8) is 0 Å². The number of nitrogens with one attached hydrogen (secondary N) is 1. The first-order valence-corrected chi connectivity index (χ1v) is 14.1. The van der Waals surface area contributed by atoms with Gasteiger partial charge in [-0.15, -0.1) is 0 Å². The molecule has 1 fully saturated rings. The number of fused-ring (bicyclic) bond motifs is 1. The van der Waals surface area contributed by atoms with Gasteiger partial charge in [0, 0.05) is 43.3 Å². The number of hydrogen-bond donors (Lipinski definition) is 1. The normalized spacial score (nSPS) is 14.2. The van der Waals surface area contributed by atoms with Crippen molar-refractivity contribution in [3.05, 3.63) is 88.8 Å². The molecule has 0 radical (unpaired) electrons. The second-order valence-electron chi connectivity index (χ2n) is 10.7. The zero-order chi connectivity index (χ0) is 28.1. The van der Waals surface area contributed by atoms with E-state index in [1.54, 1.807) is 4.90 Å². The van der Waals surface area contributed by atoms with E-state index in [0.29, 0.717) is 50.7 Å². The molecule has 2 aromatic heterocycles. The summed E-state index contributed by atoms with van der Waals surface area (Å²) >= 11 is 0. The molecule has 40 heavy (non-hydrogen) atoms. The fraction of sp³-hybridized carbons (Fsp3) is 0.406. The van der Waals surface area contributed by atoms with E-state index in [1.165, 1.54) is 33.9 Å². The summed E-state index contributed by atoms with van der Waals surface area (Å²) in [6.07, 6.45) is 5.63. The van der Waals surface area contributed by atoms with E-state index in [1.807, 2.05) is 13.0 Å². The fourth-order valence-electron chi connectivity index (χ4n) is 5.46. The highest BCUT2D eigenvalue weighted by molar-refractivity contribution is 5.92. The van der Waals surface area contributed by atoms with Gasteiger partial charge < -0.3 is 19.0 Å². The minimum absolute atomic E-state index is 0.146. The van der Waals surface area contributed by atoms with Gasteiger partial charge in [-0.3, -0.25) is 14.5 Å². The van der Waals surface area contributed by atoms with Crippen molar-refractivity contribution in [2.75, 3.05) is 26.2 Å². The number of ether oxygens (including phenoxy) is 1. The molecule has 8 heteroatoms. The Bertz CT molecular complexity index is 1460. The Labute approximate surface area is 235 Å². The third kappa shape index (κ3) is 6.45. The number of rotatable bonds is 10. The van der Waals surface area contributed by atoms with E-state index in [0.717, 1.165) is 25.0 Å². The first-order chi connectivity index (χ1) is 19.4. The zero-order valence-electron chi connectivity index (χ0n) is 23.6. The van der Waals surface area contributed by atoms with Gasteiger partial charge in [-0.2, -0.15) is 0 Å². The number of carbonyl (C=O) groups is 2. The molecule has 1 aliphatic heterocycles. The highest BCUT2D eigenvalue weighted by Gasteiger charge is 2.30. The third-order valence-corrected chi connectivity index (χ3v) is 7.80. The summed E-state index contributed by atoms with van der Waals surface area (Å²) in [6, 6.07) is 14.9. The quantitative estimate of drug-likeness (QED) is 0.269. The van der Waals surface area contributed by atoms with E-state index < -0.39 is 0 Å². The van der Waals surface area contributed by atoms with Crippen molar-refractivity contribution in [3.8, 4) is 0 Å². The summed E-state index contributed by atoms with van der Waals surface area (Å²) < 4.78 is 11.0. The second kappa shape index (κ2) is 12.5. The predicted molar refractivity (Wildman–Crippen MR) is 154 cm³/mol. The van der Waals surface area contributed by atoms with Crippen molar-refractivity contribution < 1.29 is 18.7 Å². The molecule has 1 aliphatic rings. The number of aryl methyl sites for hydroxylation is 2. The Hall–Kier alpha value is -3.91. The Morgan fingerprint density at radius 2 is 1.90 bits per heavy atom. The number of piperidine rings is 1. The fourth-order valence-corrected chi connectivity index (χ4v) is 5.46. The van der Waals surface area contributed by atoms with Gasteiger partial charge in [-0.1, -0.05) is 42.0 Å². The molecule has 0 spiro atoms. The SMILES string of the molecule is CCOC(=O)C1CCN(C(=O)c2coc(CN(CCc3c[nH]c4ccccc34)Cc3cc(C)ccc3C)n2)CC1. The van der Waals surface area contributed by atoms with E-state index in [4.69, 9.17) is 9.15 Å². The van der Waals surface area contributed by atoms with Crippen LogP contribution in [0.1, 0.15) is 58.4 Å². The Kier molecular flexibility index (Phi) is 8.65. The monoisotopic (exact) mass is 542 g/mol. The standard InChI is InChI=1S/C32H38N4O4/c1-4-39-32(38)24-12-15-36(16-13-24)31(37)29-21-40-30(34-29)20-35(19-26-17-22(2)9-10-23(26)3)14-11-25-18-33-28-8-6-5-7-27(25)28/h5-10,17-18,21,24,33H,4,11-16,19-20H2,1-3H3. The van der Waals surface area contributed by atoms with Crippen LogP contribution in [0.25, 0.3) is 10.9 Å². The summed E-state index contributed by atoms with van der Waals surface area (Å²) in [4.78, 5) is 37.2. The molecule has 1 N–H and O–H groups in total. The first kappa shape index (κ1) is 27.6. The summed E-state index contributed by atoms with van der Waals surface area (Å²) in [7, 11) is 0. The van der Waals surface area contributed by atoms with Crippen LogP contribution in [0.3, 0.4) is 0 Å². The molecular weight excluding hydrogens is 504 g/mol. The third-order valence-electron chi connectivity index (χ3n) is 7.80. The largest absolute Gasteiger partial charge is 0.466 e. The molecule has 8 nitrogen and oxygen atoms in total. The highest BCUT2D eigenvalue weighted by Crippen LogP contribution is 2.22. The number of carbonyl (C=O) groups excluding carboxylic acids is 2. The van der Waals surface area contributed by atoms with Gasteiger partial charge in [-0.05, 0) is 62.8 Å². The van der Waals surface area contributed by atoms with Crippen LogP contribution in [0.4, 0.5) is 0 Å². The Morgan fingerprint density at radius 3 is 2.70 bits per heavy atom. The average Bonchev–Trinajstić information content (AvgIpc) is 3.61. The number of amides is 1. The minimum atomic E-state index is -0.171. The van der Waals surface area contributed by atoms with Crippen molar-refractivity contribution >= 4 is 22.8 Å². The molecule has 4 aromatic rings. The van der Waals surface area contributed by atoms with Crippen LogP contribution in [-0.2, 0) is 29.0 Å². The van der Waals surface area contributed by atoms with Crippen molar-refractivity contribution in [1.29, 1.82) is 0 Å². The summed E-state index contributed by atoms with van der Waals surface area (Å²) in [5.41, 5.74) is 6.47. The topological polar surface area (TPSA) is 91.7 Å². The average molecular weight is 543 g/mol. The van der Waals surface area contributed by atoms with Crippen molar-refractivity contribution in [2.45, 2.75) is 53.1 Å². The predicted octanol–water partition coefficient (Wildman–Crippen LogP) is 5.43. The molecule has 0 saturated carbocycles. The van der Waals surface area contributed by atoms with E-state index >= 15 is 0 Å².